The van der Waals surface area contributed by atoms with Gasteiger partial charge in [0.1, 0.15) is 5.56 Å². The van der Waals surface area contributed by atoms with Gasteiger partial charge < -0.3 is 14.6 Å². The van der Waals surface area contributed by atoms with Crippen LogP contribution in [0.2, 0.25) is 0 Å². The van der Waals surface area contributed by atoms with Crippen LogP contribution in [-0.2, 0) is 0 Å². The third-order valence-corrected chi connectivity index (χ3v) is 1.98. The lowest BCUT2D eigenvalue weighted by Gasteiger charge is -2.05. The van der Waals surface area contributed by atoms with Crippen LogP contribution in [-0.4, -0.2) is 17.9 Å². The van der Waals surface area contributed by atoms with Crippen LogP contribution in [0.15, 0.2) is 12.1 Å². The van der Waals surface area contributed by atoms with E-state index >= 15 is 0 Å². The molecule has 0 unspecified atom stereocenters. The molecule has 0 atom stereocenters. The number of fused-ring (bicyclic) bond motifs is 1. The number of hydrogen-bond donors (Lipinski definition) is 1. The number of alkyl halides is 2. The van der Waals surface area contributed by atoms with Gasteiger partial charge in [-0.25, -0.2) is 13.6 Å². The van der Waals surface area contributed by atoms with Crippen LogP contribution in [0.3, 0.4) is 0 Å². The minimum absolute atomic E-state index is 0.00639. The summed E-state index contributed by atoms with van der Waals surface area (Å²) >= 11 is 0. The molecule has 0 radical (unpaired) electrons. The number of carboxylic acid groups (broad SMARTS) is 1. The van der Waals surface area contributed by atoms with E-state index in [-0.39, 0.29) is 23.9 Å². The first-order valence-corrected chi connectivity index (χ1v) is 4.04. The fraction of sp³-hybridized carbons (Fsp3) is 0.222. The molecule has 1 aromatic rings. The average molecular weight is 216 g/mol. The van der Waals surface area contributed by atoms with Gasteiger partial charge in [0, 0.05) is 5.56 Å². The van der Waals surface area contributed by atoms with Crippen LogP contribution in [0, 0.1) is 0 Å². The van der Waals surface area contributed by atoms with E-state index in [1.165, 1.54) is 0 Å². The number of carbonyl (C=O) groups is 1. The Hall–Kier alpha value is -1.85. The summed E-state index contributed by atoms with van der Waals surface area (Å²) in [6.45, 7) is -0.150. The Kier molecular flexibility index (Phi) is 2.18. The molecular formula is C9H6F2O4. The van der Waals surface area contributed by atoms with Crippen molar-refractivity contribution in [3.8, 4) is 11.5 Å². The summed E-state index contributed by atoms with van der Waals surface area (Å²) in [6.07, 6.45) is -2.74. The molecule has 15 heavy (non-hydrogen) atoms. The molecule has 0 amide bonds. The van der Waals surface area contributed by atoms with E-state index in [0.29, 0.717) is 0 Å². The van der Waals surface area contributed by atoms with E-state index in [9.17, 15) is 13.6 Å². The molecule has 0 fully saturated rings. The molecule has 1 heterocycles. The summed E-state index contributed by atoms with van der Waals surface area (Å²) in [5, 5.41) is 8.77. The van der Waals surface area contributed by atoms with Crippen LogP contribution in [0.25, 0.3) is 0 Å². The first-order valence-electron chi connectivity index (χ1n) is 4.04. The Morgan fingerprint density at radius 2 is 2.13 bits per heavy atom. The zero-order valence-electron chi connectivity index (χ0n) is 7.37. The number of benzene rings is 1. The minimum atomic E-state index is -2.74. The molecule has 2 rings (SSSR count). The largest absolute Gasteiger partial charge is 0.478 e. The Labute approximate surface area is 83.0 Å². The second-order valence-corrected chi connectivity index (χ2v) is 2.91. The van der Waals surface area contributed by atoms with Gasteiger partial charge in [-0.3, -0.25) is 0 Å². The molecule has 80 valence electrons. The van der Waals surface area contributed by atoms with E-state index in [4.69, 9.17) is 14.6 Å². The minimum Gasteiger partial charge on any atom is -0.478 e. The van der Waals surface area contributed by atoms with Crippen molar-refractivity contribution < 1.29 is 28.2 Å². The number of carboxylic acids is 1. The van der Waals surface area contributed by atoms with Gasteiger partial charge >= 0.3 is 5.97 Å². The van der Waals surface area contributed by atoms with Crippen molar-refractivity contribution >= 4 is 5.97 Å². The third kappa shape index (κ3) is 1.58. The summed E-state index contributed by atoms with van der Waals surface area (Å²) in [5.41, 5.74) is -0.697. The second-order valence-electron chi connectivity index (χ2n) is 2.91. The van der Waals surface area contributed by atoms with E-state index < -0.39 is 18.0 Å². The van der Waals surface area contributed by atoms with Gasteiger partial charge in [-0.05, 0) is 12.1 Å². The summed E-state index contributed by atoms with van der Waals surface area (Å²) in [7, 11) is 0. The quantitative estimate of drug-likeness (QED) is 0.821. The molecule has 0 spiro atoms. The van der Waals surface area contributed by atoms with Gasteiger partial charge in [0.05, 0.1) is 0 Å². The highest BCUT2D eigenvalue weighted by atomic mass is 19.3. The van der Waals surface area contributed by atoms with Crippen LogP contribution < -0.4 is 9.47 Å². The van der Waals surface area contributed by atoms with E-state index in [1.807, 2.05) is 0 Å². The summed E-state index contributed by atoms with van der Waals surface area (Å²) in [4.78, 5) is 10.8. The van der Waals surface area contributed by atoms with Crippen molar-refractivity contribution in [1.82, 2.24) is 0 Å². The normalized spacial score (nSPS) is 13.3. The zero-order valence-corrected chi connectivity index (χ0v) is 7.37. The molecule has 1 aliphatic rings. The predicted octanol–water partition coefficient (Wildman–Crippen LogP) is 2.05. The topological polar surface area (TPSA) is 55.8 Å². The summed E-state index contributed by atoms with van der Waals surface area (Å²) in [5.74, 6) is -1.27. The second kappa shape index (κ2) is 3.38. The molecule has 0 saturated carbocycles. The lowest BCUT2D eigenvalue weighted by molar-refractivity contribution is 0.0691. The first kappa shape index (κ1) is 9.70. The van der Waals surface area contributed by atoms with E-state index in [2.05, 4.69) is 0 Å². The molecule has 0 aromatic heterocycles. The van der Waals surface area contributed by atoms with Crippen LogP contribution in [0.4, 0.5) is 8.78 Å². The molecule has 0 saturated heterocycles. The van der Waals surface area contributed by atoms with Crippen molar-refractivity contribution in [2.45, 2.75) is 6.43 Å². The molecular weight excluding hydrogens is 210 g/mol. The van der Waals surface area contributed by atoms with Crippen molar-refractivity contribution in [2.75, 3.05) is 6.79 Å². The Bertz CT molecular complexity index is 417. The van der Waals surface area contributed by atoms with Gasteiger partial charge in [-0.15, -0.1) is 0 Å². The van der Waals surface area contributed by atoms with Crippen molar-refractivity contribution in [3.05, 3.63) is 23.3 Å². The van der Waals surface area contributed by atoms with Gasteiger partial charge in [0.25, 0.3) is 6.43 Å². The standard InChI is InChI=1S/C9H6F2O4/c10-8(11)4-1-5(9(12)13)7-6(2-4)14-3-15-7/h1-2,8H,3H2,(H,12,13). The fourth-order valence-electron chi connectivity index (χ4n) is 1.32. The number of halogens is 2. The molecule has 1 aromatic carbocycles. The number of rotatable bonds is 2. The smallest absolute Gasteiger partial charge is 0.339 e. The Morgan fingerprint density at radius 3 is 2.73 bits per heavy atom. The van der Waals surface area contributed by atoms with Crippen molar-refractivity contribution in [2.24, 2.45) is 0 Å². The van der Waals surface area contributed by atoms with Gasteiger partial charge in [0.2, 0.25) is 6.79 Å². The zero-order chi connectivity index (χ0) is 11.0. The maximum atomic E-state index is 12.4. The molecule has 1 aliphatic heterocycles. The highest BCUT2D eigenvalue weighted by molar-refractivity contribution is 5.92. The lowest BCUT2D eigenvalue weighted by atomic mass is 10.1. The average Bonchev–Trinajstić information content (AvgIpc) is 2.62. The number of ether oxygens (including phenoxy) is 2. The summed E-state index contributed by atoms with van der Waals surface area (Å²) in [6, 6.07) is 1.97. The first-order chi connectivity index (χ1) is 7.09. The Morgan fingerprint density at radius 1 is 1.40 bits per heavy atom. The van der Waals surface area contributed by atoms with Crippen molar-refractivity contribution in [3.63, 3.8) is 0 Å². The Balaban J connectivity index is 2.57. The maximum Gasteiger partial charge on any atom is 0.339 e. The van der Waals surface area contributed by atoms with E-state index in [1.54, 1.807) is 0 Å². The number of hydrogen-bond acceptors (Lipinski definition) is 3. The fourth-order valence-corrected chi connectivity index (χ4v) is 1.32. The molecule has 6 heteroatoms. The number of aromatic carboxylic acids is 1. The van der Waals surface area contributed by atoms with Crippen LogP contribution in [0.1, 0.15) is 22.3 Å². The van der Waals surface area contributed by atoms with Crippen LogP contribution >= 0.6 is 0 Å². The SMILES string of the molecule is O=C(O)c1cc(C(F)F)cc2c1OCO2. The monoisotopic (exact) mass is 216 g/mol. The maximum absolute atomic E-state index is 12.4. The molecule has 0 bridgehead atoms. The predicted molar refractivity (Wildman–Crippen MR) is 44.5 cm³/mol. The van der Waals surface area contributed by atoms with Gasteiger partial charge in [0.15, 0.2) is 11.5 Å². The highest BCUT2D eigenvalue weighted by Gasteiger charge is 2.25. The van der Waals surface area contributed by atoms with Gasteiger partial charge in [-0.1, -0.05) is 0 Å². The van der Waals surface area contributed by atoms with Crippen LogP contribution in [0.5, 0.6) is 11.5 Å². The molecule has 0 aliphatic carbocycles. The summed E-state index contributed by atoms with van der Waals surface area (Å²) < 4.78 is 34.5. The van der Waals surface area contributed by atoms with E-state index in [0.717, 1.165) is 12.1 Å². The molecule has 1 N–H and O–H groups in total. The lowest BCUT2D eigenvalue weighted by Crippen LogP contribution is -2.00. The van der Waals surface area contributed by atoms with Crippen molar-refractivity contribution in [1.29, 1.82) is 0 Å². The van der Waals surface area contributed by atoms with Gasteiger partial charge in [-0.2, -0.15) is 0 Å². The third-order valence-electron chi connectivity index (χ3n) is 1.98. The molecule has 4 nitrogen and oxygen atoms in total. The highest BCUT2D eigenvalue weighted by Crippen LogP contribution is 2.39.